The molecule has 0 fully saturated rings. The van der Waals surface area contributed by atoms with E-state index in [9.17, 15) is 4.79 Å². The van der Waals surface area contributed by atoms with Crippen molar-refractivity contribution in [3.8, 4) is 0 Å². The molecule has 2 rings (SSSR count). The molecule has 0 aromatic carbocycles. The Morgan fingerprint density at radius 1 is 1.44 bits per heavy atom. The Kier molecular flexibility index (Phi) is 3.41. The normalized spacial score (nSPS) is 10.3. The molecule has 0 aliphatic carbocycles. The molecule has 0 N–H and O–H groups in total. The van der Waals surface area contributed by atoms with E-state index in [0.717, 1.165) is 5.56 Å². The van der Waals surface area contributed by atoms with Crippen LogP contribution in [0.2, 0.25) is 0 Å². The summed E-state index contributed by atoms with van der Waals surface area (Å²) in [6, 6.07) is 5.91. The van der Waals surface area contributed by atoms with Gasteiger partial charge in [0.05, 0.1) is 19.1 Å². The first-order chi connectivity index (χ1) is 7.75. The van der Waals surface area contributed by atoms with Crippen LogP contribution in [0.5, 0.6) is 0 Å². The van der Waals surface area contributed by atoms with Gasteiger partial charge in [-0.05, 0) is 17.5 Å². The van der Waals surface area contributed by atoms with E-state index < -0.39 is 0 Å². The maximum absolute atomic E-state index is 11.5. The average molecular weight is 235 g/mol. The van der Waals surface area contributed by atoms with E-state index in [1.54, 1.807) is 35.7 Å². The molecule has 0 bridgehead atoms. The second-order valence-corrected chi connectivity index (χ2v) is 4.62. The zero-order valence-electron chi connectivity index (χ0n) is 9.05. The van der Waals surface area contributed by atoms with Gasteiger partial charge in [0.25, 0.3) is 0 Å². The summed E-state index contributed by atoms with van der Waals surface area (Å²) in [6.07, 6.45) is 3.29. The van der Waals surface area contributed by atoms with Crippen LogP contribution >= 0.6 is 11.3 Å². The minimum atomic E-state index is 0.0783. The summed E-state index contributed by atoms with van der Waals surface area (Å²) < 4.78 is 4.99. The molecule has 1 amide bonds. The maximum Gasteiger partial charge on any atom is 0.220 e. The van der Waals surface area contributed by atoms with Gasteiger partial charge in [-0.15, -0.1) is 11.3 Å². The van der Waals surface area contributed by atoms with Crippen LogP contribution in [0.15, 0.2) is 40.5 Å². The number of amides is 1. The Morgan fingerprint density at radius 2 is 2.31 bits per heavy atom. The summed E-state index contributed by atoms with van der Waals surface area (Å²) in [5.74, 6) is 0.0783. The van der Waals surface area contributed by atoms with Crippen molar-refractivity contribution in [3.63, 3.8) is 0 Å². The van der Waals surface area contributed by atoms with Crippen molar-refractivity contribution in [1.82, 2.24) is 4.90 Å². The molecule has 0 spiro atoms. The van der Waals surface area contributed by atoms with E-state index in [1.165, 1.54) is 4.88 Å². The van der Waals surface area contributed by atoms with Crippen molar-refractivity contribution in [2.24, 2.45) is 0 Å². The van der Waals surface area contributed by atoms with Crippen LogP contribution in [0.3, 0.4) is 0 Å². The van der Waals surface area contributed by atoms with Crippen LogP contribution in [0, 0.1) is 0 Å². The van der Waals surface area contributed by atoms with Gasteiger partial charge in [-0.2, -0.15) is 0 Å². The molecule has 2 aromatic heterocycles. The van der Waals surface area contributed by atoms with Gasteiger partial charge in [-0.3, -0.25) is 4.79 Å². The second-order valence-electron chi connectivity index (χ2n) is 3.59. The quantitative estimate of drug-likeness (QED) is 0.816. The molecular weight excluding hydrogens is 222 g/mol. The third-order valence-electron chi connectivity index (χ3n) is 2.33. The number of carbonyl (C=O) groups is 1. The van der Waals surface area contributed by atoms with Gasteiger partial charge in [0, 0.05) is 23.9 Å². The molecule has 0 atom stereocenters. The molecule has 0 radical (unpaired) electrons. The number of thiophene rings is 1. The van der Waals surface area contributed by atoms with E-state index >= 15 is 0 Å². The number of furan rings is 1. The molecular formula is C12H13NO2S. The molecule has 16 heavy (non-hydrogen) atoms. The largest absolute Gasteiger partial charge is 0.472 e. The third-order valence-corrected chi connectivity index (χ3v) is 3.19. The lowest BCUT2D eigenvalue weighted by molar-refractivity contribution is -0.130. The summed E-state index contributed by atoms with van der Waals surface area (Å²) in [5.41, 5.74) is 1.02. The zero-order chi connectivity index (χ0) is 11.4. The van der Waals surface area contributed by atoms with Gasteiger partial charge in [-0.25, -0.2) is 0 Å². The first kappa shape index (κ1) is 11.0. The minimum Gasteiger partial charge on any atom is -0.472 e. The first-order valence-corrected chi connectivity index (χ1v) is 5.92. The molecule has 0 unspecified atom stereocenters. The number of nitrogens with zero attached hydrogens (tertiary/aromatic N) is 1. The van der Waals surface area contributed by atoms with Crippen molar-refractivity contribution < 1.29 is 9.21 Å². The van der Waals surface area contributed by atoms with E-state index in [4.69, 9.17) is 4.42 Å². The minimum absolute atomic E-state index is 0.0783. The molecule has 3 nitrogen and oxygen atoms in total. The smallest absolute Gasteiger partial charge is 0.220 e. The van der Waals surface area contributed by atoms with Gasteiger partial charge in [-0.1, -0.05) is 6.07 Å². The Balaban J connectivity index is 2.03. The standard InChI is InChI=1S/C12H13NO2S/c1-10(14)13(7-11-4-5-15-9-11)8-12-3-2-6-16-12/h2-6,9H,7-8H2,1H3. The van der Waals surface area contributed by atoms with Crippen molar-refractivity contribution >= 4 is 17.2 Å². The summed E-state index contributed by atoms with van der Waals surface area (Å²) in [6.45, 7) is 2.86. The van der Waals surface area contributed by atoms with Gasteiger partial charge in [0.15, 0.2) is 0 Å². The van der Waals surface area contributed by atoms with Crippen molar-refractivity contribution in [1.29, 1.82) is 0 Å². The first-order valence-electron chi connectivity index (χ1n) is 5.04. The highest BCUT2D eigenvalue weighted by Gasteiger charge is 2.11. The van der Waals surface area contributed by atoms with Gasteiger partial charge in [0.2, 0.25) is 5.91 Å². The molecule has 84 valence electrons. The van der Waals surface area contributed by atoms with E-state index in [0.29, 0.717) is 13.1 Å². The van der Waals surface area contributed by atoms with Crippen LogP contribution < -0.4 is 0 Å². The van der Waals surface area contributed by atoms with E-state index in [-0.39, 0.29) is 5.91 Å². The van der Waals surface area contributed by atoms with Gasteiger partial charge < -0.3 is 9.32 Å². The second kappa shape index (κ2) is 4.99. The summed E-state index contributed by atoms with van der Waals surface area (Å²) in [7, 11) is 0. The predicted octanol–water partition coefficient (Wildman–Crippen LogP) is 2.89. The highest BCUT2D eigenvalue weighted by molar-refractivity contribution is 7.09. The summed E-state index contributed by atoms with van der Waals surface area (Å²) in [4.78, 5) is 14.5. The monoisotopic (exact) mass is 235 g/mol. The van der Waals surface area contributed by atoms with Crippen molar-refractivity contribution in [3.05, 3.63) is 46.5 Å². The molecule has 2 aromatic rings. The SMILES string of the molecule is CC(=O)N(Cc1ccoc1)Cc1cccs1. The number of carbonyl (C=O) groups excluding carboxylic acids is 1. The lowest BCUT2D eigenvalue weighted by atomic mass is 10.3. The topological polar surface area (TPSA) is 33.5 Å². The fourth-order valence-electron chi connectivity index (χ4n) is 1.47. The lowest BCUT2D eigenvalue weighted by Crippen LogP contribution is -2.27. The van der Waals surface area contributed by atoms with Crippen molar-refractivity contribution in [2.75, 3.05) is 0 Å². The highest BCUT2D eigenvalue weighted by Crippen LogP contribution is 2.14. The third kappa shape index (κ3) is 2.73. The van der Waals surface area contributed by atoms with E-state index in [2.05, 4.69) is 0 Å². The van der Waals surface area contributed by atoms with E-state index in [1.807, 2.05) is 23.6 Å². The Labute approximate surface area is 98.3 Å². The zero-order valence-corrected chi connectivity index (χ0v) is 9.87. The number of hydrogen-bond acceptors (Lipinski definition) is 3. The molecule has 0 saturated carbocycles. The van der Waals surface area contributed by atoms with Gasteiger partial charge >= 0.3 is 0 Å². The fourth-order valence-corrected chi connectivity index (χ4v) is 2.19. The number of rotatable bonds is 4. The van der Waals surface area contributed by atoms with Crippen molar-refractivity contribution in [2.45, 2.75) is 20.0 Å². The van der Waals surface area contributed by atoms with Gasteiger partial charge in [0.1, 0.15) is 0 Å². The summed E-state index contributed by atoms with van der Waals surface area (Å²) >= 11 is 1.66. The molecule has 0 saturated heterocycles. The average Bonchev–Trinajstić information content (AvgIpc) is 2.88. The molecule has 0 aliphatic rings. The molecule has 0 aliphatic heterocycles. The molecule has 4 heteroatoms. The predicted molar refractivity (Wildman–Crippen MR) is 63.0 cm³/mol. The maximum atomic E-state index is 11.5. The van der Waals surface area contributed by atoms with Crippen LogP contribution in [-0.4, -0.2) is 10.8 Å². The fraction of sp³-hybridized carbons (Fsp3) is 0.250. The van der Waals surface area contributed by atoms with Crippen LogP contribution in [0.4, 0.5) is 0 Å². The van der Waals surface area contributed by atoms with Crippen LogP contribution in [0.25, 0.3) is 0 Å². The number of hydrogen-bond donors (Lipinski definition) is 0. The Morgan fingerprint density at radius 3 is 2.88 bits per heavy atom. The molecule has 2 heterocycles. The van der Waals surface area contributed by atoms with Crippen LogP contribution in [0.1, 0.15) is 17.4 Å². The lowest BCUT2D eigenvalue weighted by Gasteiger charge is -2.19. The highest BCUT2D eigenvalue weighted by atomic mass is 32.1. The Hall–Kier alpha value is -1.55. The summed E-state index contributed by atoms with van der Waals surface area (Å²) in [5, 5.41) is 2.02. The van der Waals surface area contributed by atoms with Crippen LogP contribution in [-0.2, 0) is 17.9 Å². The Bertz CT molecular complexity index is 397.